The van der Waals surface area contributed by atoms with E-state index < -0.39 is 0 Å². The quantitative estimate of drug-likeness (QED) is 0.402. The van der Waals surface area contributed by atoms with Crippen LogP contribution in [-0.4, -0.2) is 43.9 Å². The van der Waals surface area contributed by atoms with Gasteiger partial charge in [-0.15, -0.1) is 0 Å². The molecule has 7 nitrogen and oxygen atoms in total. The lowest BCUT2D eigenvalue weighted by molar-refractivity contribution is -0.114. The number of aliphatic hydroxyl groups excluding tert-OH is 1. The maximum atomic E-state index is 12.8. The summed E-state index contributed by atoms with van der Waals surface area (Å²) in [6.45, 7) is 1.69. The van der Waals surface area contributed by atoms with Gasteiger partial charge in [0, 0.05) is 29.9 Å². The van der Waals surface area contributed by atoms with Gasteiger partial charge in [0.05, 0.1) is 36.8 Å². The van der Waals surface area contributed by atoms with Gasteiger partial charge < -0.3 is 29.8 Å². The number of carbonyl (C=O) groups is 1. The van der Waals surface area contributed by atoms with Crippen LogP contribution in [0.25, 0.3) is 21.9 Å². The Morgan fingerprint density at radius 3 is 2.61 bits per heavy atom. The van der Waals surface area contributed by atoms with Crippen molar-refractivity contribution in [2.24, 2.45) is 0 Å². The first-order valence-corrected chi connectivity index (χ1v) is 11.2. The molecular formula is C26H27N3O4. The second-order valence-electron chi connectivity index (χ2n) is 8.28. The van der Waals surface area contributed by atoms with Gasteiger partial charge in [-0.1, -0.05) is 30.3 Å². The molecule has 33 heavy (non-hydrogen) atoms. The Balaban J connectivity index is 1.31. The van der Waals surface area contributed by atoms with Gasteiger partial charge in [-0.05, 0) is 37.1 Å². The maximum absolute atomic E-state index is 12.8. The largest absolute Gasteiger partial charge is 0.495 e. The fraction of sp³-hybridized carbons (Fsp3) is 0.269. The van der Waals surface area contributed by atoms with Gasteiger partial charge in [0.25, 0.3) is 0 Å². The Morgan fingerprint density at radius 1 is 1.03 bits per heavy atom. The average molecular weight is 446 g/mol. The first-order valence-electron chi connectivity index (χ1n) is 11.2. The second kappa shape index (κ2) is 9.03. The first kappa shape index (κ1) is 21.2. The normalized spacial score (nSPS) is 14.5. The highest BCUT2D eigenvalue weighted by molar-refractivity contribution is 6.08. The van der Waals surface area contributed by atoms with Crippen molar-refractivity contribution in [2.45, 2.75) is 18.9 Å². The number of methoxy groups -OCH3 is 1. The number of para-hydroxylation sites is 3. The van der Waals surface area contributed by atoms with Crippen molar-refractivity contribution < 1.29 is 19.1 Å². The fourth-order valence-electron chi connectivity index (χ4n) is 4.39. The van der Waals surface area contributed by atoms with Crippen molar-refractivity contribution >= 4 is 44.9 Å². The zero-order valence-corrected chi connectivity index (χ0v) is 18.5. The predicted molar refractivity (Wildman–Crippen MR) is 131 cm³/mol. The van der Waals surface area contributed by atoms with Crippen LogP contribution in [-0.2, 0) is 4.79 Å². The molecule has 0 aliphatic carbocycles. The number of nitrogens with zero attached hydrogens (tertiary/aromatic N) is 1. The topological polar surface area (TPSA) is 87.0 Å². The summed E-state index contributed by atoms with van der Waals surface area (Å²) in [4.78, 5) is 15.0. The molecule has 1 amide bonds. The van der Waals surface area contributed by atoms with E-state index in [1.807, 2.05) is 54.6 Å². The van der Waals surface area contributed by atoms with Gasteiger partial charge in [0.2, 0.25) is 5.91 Å². The number of furan rings is 1. The van der Waals surface area contributed by atoms with Crippen LogP contribution in [0.1, 0.15) is 12.8 Å². The SMILES string of the molecule is COc1cc2c(cc1NC(=O)CNc1ccccc1N1CCC(O)CC1)oc1ccccc12. The predicted octanol–water partition coefficient (Wildman–Crippen LogP) is 4.61. The number of benzene rings is 3. The van der Waals surface area contributed by atoms with Gasteiger partial charge in [0.1, 0.15) is 16.9 Å². The van der Waals surface area contributed by atoms with Gasteiger partial charge in [-0.2, -0.15) is 0 Å². The summed E-state index contributed by atoms with van der Waals surface area (Å²) in [5, 5.41) is 17.9. The molecule has 1 fully saturated rings. The molecule has 4 aromatic rings. The van der Waals surface area contributed by atoms with Gasteiger partial charge in [0.15, 0.2) is 0 Å². The second-order valence-corrected chi connectivity index (χ2v) is 8.28. The lowest BCUT2D eigenvalue weighted by Gasteiger charge is -2.32. The van der Waals surface area contributed by atoms with Crippen LogP contribution in [0.5, 0.6) is 5.75 Å². The van der Waals surface area contributed by atoms with E-state index in [4.69, 9.17) is 9.15 Å². The van der Waals surface area contributed by atoms with Crippen LogP contribution in [0.2, 0.25) is 0 Å². The minimum Gasteiger partial charge on any atom is -0.495 e. The van der Waals surface area contributed by atoms with Crippen molar-refractivity contribution in [1.29, 1.82) is 0 Å². The average Bonchev–Trinajstić information content (AvgIpc) is 3.20. The monoisotopic (exact) mass is 445 g/mol. The Kier molecular flexibility index (Phi) is 5.79. The standard InChI is InChI=1S/C26H27N3O4/c1-32-25-14-19-18-6-2-5-9-23(18)33-24(19)15-21(25)28-26(31)16-27-20-7-3-4-8-22(20)29-12-10-17(30)11-13-29/h2-9,14-15,17,27,30H,10-13,16H2,1H3,(H,28,31). The highest BCUT2D eigenvalue weighted by atomic mass is 16.5. The molecule has 1 aromatic heterocycles. The van der Waals surface area contributed by atoms with Crippen molar-refractivity contribution in [2.75, 3.05) is 42.3 Å². The molecule has 0 atom stereocenters. The van der Waals surface area contributed by atoms with Crippen molar-refractivity contribution in [3.8, 4) is 5.75 Å². The summed E-state index contributed by atoms with van der Waals surface area (Å²) in [7, 11) is 1.59. The zero-order chi connectivity index (χ0) is 22.8. The zero-order valence-electron chi connectivity index (χ0n) is 18.5. The van der Waals surface area contributed by atoms with Crippen LogP contribution >= 0.6 is 0 Å². The Bertz CT molecular complexity index is 1290. The van der Waals surface area contributed by atoms with Crippen molar-refractivity contribution in [1.82, 2.24) is 0 Å². The number of nitrogens with one attached hydrogen (secondary N) is 2. The number of amides is 1. The van der Waals surface area contributed by atoms with E-state index in [0.717, 1.165) is 53.7 Å². The Morgan fingerprint density at radius 2 is 1.79 bits per heavy atom. The summed E-state index contributed by atoms with van der Waals surface area (Å²) in [6.07, 6.45) is 1.27. The van der Waals surface area contributed by atoms with Gasteiger partial charge >= 0.3 is 0 Å². The lowest BCUT2D eigenvalue weighted by atomic mass is 10.1. The molecule has 0 unspecified atom stereocenters. The number of aliphatic hydroxyl groups is 1. The summed E-state index contributed by atoms with van der Waals surface area (Å²) in [6, 6.07) is 19.5. The number of piperidine rings is 1. The number of rotatable bonds is 6. The summed E-state index contributed by atoms with van der Waals surface area (Å²) < 4.78 is 11.5. The fourth-order valence-corrected chi connectivity index (χ4v) is 4.39. The number of anilines is 3. The van der Waals surface area contributed by atoms with E-state index in [0.29, 0.717) is 17.0 Å². The molecule has 1 aliphatic heterocycles. The molecule has 0 spiro atoms. The molecule has 3 N–H and O–H groups in total. The van der Waals surface area contributed by atoms with E-state index in [9.17, 15) is 9.90 Å². The van der Waals surface area contributed by atoms with Crippen LogP contribution < -0.4 is 20.3 Å². The van der Waals surface area contributed by atoms with Crippen LogP contribution in [0.15, 0.2) is 65.1 Å². The smallest absolute Gasteiger partial charge is 0.243 e. The van der Waals surface area contributed by atoms with Crippen LogP contribution in [0.4, 0.5) is 17.1 Å². The highest BCUT2D eigenvalue weighted by Crippen LogP contribution is 2.36. The van der Waals surface area contributed by atoms with E-state index >= 15 is 0 Å². The third-order valence-corrected chi connectivity index (χ3v) is 6.12. The molecule has 0 bridgehead atoms. The molecule has 0 radical (unpaired) electrons. The minimum atomic E-state index is -0.230. The maximum Gasteiger partial charge on any atom is 0.243 e. The molecule has 3 aromatic carbocycles. The summed E-state index contributed by atoms with van der Waals surface area (Å²) in [5.74, 6) is 0.391. The third kappa shape index (κ3) is 4.32. The third-order valence-electron chi connectivity index (χ3n) is 6.12. The van der Waals surface area contributed by atoms with E-state index in [2.05, 4.69) is 15.5 Å². The number of fused-ring (bicyclic) bond motifs is 3. The number of ether oxygens (including phenoxy) is 1. The molecule has 1 saturated heterocycles. The molecule has 5 rings (SSSR count). The van der Waals surface area contributed by atoms with Gasteiger partial charge in [-0.3, -0.25) is 4.79 Å². The molecule has 0 saturated carbocycles. The summed E-state index contributed by atoms with van der Waals surface area (Å²) >= 11 is 0. The number of hydrogen-bond donors (Lipinski definition) is 3. The molecule has 2 heterocycles. The van der Waals surface area contributed by atoms with E-state index in [1.54, 1.807) is 13.2 Å². The highest BCUT2D eigenvalue weighted by Gasteiger charge is 2.20. The lowest BCUT2D eigenvalue weighted by Crippen LogP contribution is -2.36. The van der Waals surface area contributed by atoms with E-state index in [1.165, 1.54) is 0 Å². The number of carbonyl (C=O) groups excluding carboxylic acids is 1. The van der Waals surface area contributed by atoms with Crippen LogP contribution in [0.3, 0.4) is 0 Å². The summed E-state index contributed by atoms with van der Waals surface area (Å²) in [5.41, 5.74) is 3.98. The molecular weight excluding hydrogens is 418 g/mol. The molecule has 7 heteroatoms. The Labute approximate surface area is 191 Å². The minimum absolute atomic E-state index is 0.106. The number of hydrogen-bond acceptors (Lipinski definition) is 6. The van der Waals surface area contributed by atoms with E-state index in [-0.39, 0.29) is 18.6 Å². The van der Waals surface area contributed by atoms with Crippen molar-refractivity contribution in [3.05, 3.63) is 60.7 Å². The van der Waals surface area contributed by atoms with Gasteiger partial charge in [-0.25, -0.2) is 0 Å². The van der Waals surface area contributed by atoms with Crippen LogP contribution in [0, 0.1) is 0 Å². The van der Waals surface area contributed by atoms with Crippen molar-refractivity contribution in [3.63, 3.8) is 0 Å². The molecule has 1 aliphatic rings. The first-order chi connectivity index (χ1) is 16.1. The molecule has 170 valence electrons. The Hall–Kier alpha value is -3.71.